The van der Waals surface area contributed by atoms with Gasteiger partial charge in [-0.15, -0.1) is 0 Å². The minimum absolute atomic E-state index is 0.331. The van der Waals surface area contributed by atoms with Crippen LogP contribution >= 0.6 is 0 Å². The summed E-state index contributed by atoms with van der Waals surface area (Å²) in [4.78, 5) is 37.6. The van der Waals surface area contributed by atoms with Crippen LogP contribution in [0.3, 0.4) is 0 Å². The summed E-state index contributed by atoms with van der Waals surface area (Å²) in [6.07, 6.45) is 0. The van der Waals surface area contributed by atoms with E-state index in [-0.39, 0.29) is 5.91 Å². The zero-order valence-corrected chi connectivity index (χ0v) is 27.6. The van der Waals surface area contributed by atoms with Crippen LogP contribution in [0.4, 0.5) is 17.1 Å². The molecular formula is C46H26N4O2. The van der Waals surface area contributed by atoms with Crippen molar-refractivity contribution < 1.29 is 9.59 Å². The van der Waals surface area contributed by atoms with Gasteiger partial charge in [-0.3, -0.25) is 9.59 Å². The first-order valence-electron chi connectivity index (χ1n) is 16.7. The van der Waals surface area contributed by atoms with E-state index in [9.17, 15) is 9.59 Å². The van der Waals surface area contributed by atoms with Gasteiger partial charge in [-0.1, -0.05) is 115 Å². The maximum atomic E-state index is 14.8. The lowest BCUT2D eigenvalue weighted by Crippen LogP contribution is -2.29. The zero-order valence-electron chi connectivity index (χ0n) is 27.6. The summed E-state index contributed by atoms with van der Waals surface area (Å²) >= 11 is 0. The van der Waals surface area contributed by atoms with E-state index in [0.717, 1.165) is 55.2 Å². The fourth-order valence-electron chi connectivity index (χ4n) is 7.32. The van der Waals surface area contributed by atoms with E-state index in [2.05, 4.69) is 15.8 Å². The molecule has 6 heteroatoms. The van der Waals surface area contributed by atoms with Crippen molar-refractivity contribution in [1.29, 1.82) is 0 Å². The Morgan fingerprint density at radius 2 is 1.04 bits per heavy atom. The molecule has 0 unspecified atom stereocenters. The van der Waals surface area contributed by atoms with E-state index < -0.39 is 5.91 Å². The van der Waals surface area contributed by atoms with Crippen molar-refractivity contribution in [3.63, 3.8) is 0 Å². The largest absolute Gasteiger partial charge is 0.308 e. The van der Waals surface area contributed by atoms with Crippen LogP contribution in [0, 0.1) is 13.1 Å². The van der Waals surface area contributed by atoms with Crippen molar-refractivity contribution in [3.05, 3.63) is 192 Å². The third kappa shape index (κ3) is 4.87. The number of carbonyl (C=O) groups is 2. The monoisotopic (exact) mass is 666 g/mol. The van der Waals surface area contributed by atoms with Gasteiger partial charge in [-0.2, -0.15) is 0 Å². The van der Waals surface area contributed by atoms with Gasteiger partial charge in [-0.05, 0) is 75.8 Å². The molecule has 2 amide bonds. The molecule has 0 bridgehead atoms. The molecule has 242 valence electrons. The lowest BCUT2D eigenvalue weighted by molar-refractivity contribution is 0.0926. The van der Waals surface area contributed by atoms with E-state index in [0.29, 0.717) is 33.9 Å². The summed E-state index contributed by atoms with van der Waals surface area (Å²) in [5, 5.41) is 1.97. The average molecular weight is 667 g/mol. The van der Waals surface area contributed by atoms with Crippen LogP contribution in [0.15, 0.2) is 158 Å². The minimum Gasteiger partial charge on any atom is -0.308 e. The number of benzene rings is 7. The van der Waals surface area contributed by atoms with Gasteiger partial charge < -0.3 is 4.57 Å². The third-order valence-electron chi connectivity index (χ3n) is 9.69. The molecule has 0 saturated heterocycles. The molecule has 9 rings (SSSR count). The van der Waals surface area contributed by atoms with Crippen LogP contribution < -0.4 is 4.90 Å². The molecule has 1 aliphatic rings. The predicted molar refractivity (Wildman–Crippen MR) is 207 cm³/mol. The standard InChI is InChI=1S/C46H26N4O2/c1-47-35-23-34(24-36(28-35)48-2)31-20-21-39-38-16-9-10-18-41(38)50(43(39)27-31)42-19-11-17-40-44(42)46(52)49(45(40)51)37-25-32(29-12-5-3-6-13-29)22-33(26-37)30-14-7-4-8-15-30/h3-28H. The molecule has 8 aromatic rings. The second-order valence-corrected chi connectivity index (χ2v) is 12.7. The first kappa shape index (κ1) is 30.5. The fourth-order valence-corrected chi connectivity index (χ4v) is 7.32. The lowest BCUT2D eigenvalue weighted by atomic mass is 9.97. The van der Waals surface area contributed by atoms with Gasteiger partial charge >= 0.3 is 0 Å². The molecule has 6 nitrogen and oxygen atoms in total. The molecular weight excluding hydrogens is 641 g/mol. The lowest BCUT2D eigenvalue weighted by Gasteiger charge is -2.18. The molecule has 2 heterocycles. The first-order chi connectivity index (χ1) is 25.5. The van der Waals surface area contributed by atoms with Gasteiger partial charge in [0.15, 0.2) is 11.4 Å². The summed E-state index contributed by atoms with van der Waals surface area (Å²) in [6, 6.07) is 50.4. The molecule has 0 radical (unpaired) electrons. The topological polar surface area (TPSA) is 51.0 Å². The third-order valence-corrected chi connectivity index (χ3v) is 9.69. The van der Waals surface area contributed by atoms with Crippen LogP contribution in [0.2, 0.25) is 0 Å². The highest BCUT2D eigenvalue weighted by atomic mass is 16.2. The molecule has 1 aromatic heterocycles. The van der Waals surface area contributed by atoms with Gasteiger partial charge in [-0.25, -0.2) is 14.6 Å². The zero-order chi connectivity index (χ0) is 35.3. The molecule has 0 saturated carbocycles. The van der Waals surface area contributed by atoms with Crippen molar-refractivity contribution in [2.45, 2.75) is 0 Å². The van der Waals surface area contributed by atoms with Crippen LogP contribution in [0.1, 0.15) is 20.7 Å². The van der Waals surface area contributed by atoms with Crippen LogP contribution in [-0.2, 0) is 0 Å². The van der Waals surface area contributed by atoms with Gasteiger partial charge in [0, 0.05) is 10.8 Å². The Kier molecular flexibility index (Phi) is 7.10. The Hall–Kier alpha value is -7.54. The molecule has 52 heavy (non-hydrogen) atoms. The number of amides is 2. The average Bonchev–Trinajstić information content (AvgIpc) is 3.67. The Morgan fingerprint density at radius 1 is 0.442 bits per heavy atom. The second-order valence-electron chi connectivity index (χ2n) is 12.7. The smallest absolute Gasteiger partial charge is 0.268 e. The van der Waals surface area contributed by atoms with E-state index in [1.165, 1.54) is 4.90 Å². The van der Waals surface area contributed by atoms with Gasteiger partial charge in [0.1, 0.15) is 0 Å². The van der Waals surface area contributed by atoms with E-state index >= 15 is 0 Å². The summed E-state index contributed by atoms with van der Waals surface area (Å²) in [7, 11) is 0. The fraction of sp³-hybridized carbons (Fsp3) is 0. The molecule has 0 fully saturated rings. The number of imide groups is 1. The summed E-state index contributed by atoms with van der Waals surface area (Å²) < 4.78 is 2.05. The molecule has 0 aliphatic carbocycles. The molecule has 0 atom stereocenters. The van der Waals surface area contributed by atoms with Gasteiger partial charge in [0.2, 0.25) is 0 Å². The minimum atomic E-state index is -0.395. The number of aromatic nitrogens is 1. The number of carbonyl (C=O) groups excluding carboxylic acids is 2. The number of nitrogens with zero attached hydrogens (tertiary/aromatic N) is 4. The van der Waals surface area contributed by atoms with Crippen molar-refractivity contribution >= 4 is 50.7 Å². The van der Waals surface area contributed by atoms with Crippen LogP contribution in [0.5, 0.6) is 0 Å². The highest BCUT2D eigenvalue weighted by Gasteiger charge is 2.39. The second kappa shape index (κ2) is 12.1. The van der Waals surface area contributed by atoms with Crippen molar-refractivity contribution in [3.8, 4) is 39.1 Å². The Balaban J connectivity index is 1.24. The predicted octanol–water partition coefficient (Wildman–Crippen LogP) is 11.7. The number of rotatable bonds is 5. The van der Waals surface area contributed by atoms with E-state index in [4.69, 9.17) is 13.1 Å². The normalized spacial score (nSPS) is 12.2. The van der Waals surface area contributed by atoms with Crippen LogP contribution in [0.25, 0.3) is 70.6 Å². The number of para-hydroxylation sites is 1. The molecule has 0 N–H and O–H groups in total. The molecule has 0 spiro atoms. The maximum Gasteiger partial charge on any atom is 0.268 e. The summed E-state index contributed by atoms with van der Waals surface area (Å²) in [5.41, 5.74) is 9.59. The molecule has 1 aliphatic heterocycles. The Morgan fingerprint density at radius 3 is 1.69 bits per heavy atom. The number of fused-ring (bicyclic) bond motifs is 4. The van der Waals surface area contributed by atoms with Gasteiger partial charge in [0.25, 0.3) is 11.8 Å². The maximum absolute atomic E-state index is 14.8. The highest BCUT2D eigenvalue weighted by molar-refractivity contribution is 6.36. The van der Waals surface area contributed by atoms with Crippen molar-refractivity contribution in [2.75, 3.05) is 4.90 Å². The summed E-state index contributed by atoms with van der Waals surface area (Å²) in [6.45, 7) is 15.2. The van der Waals surface area contributed by atoms with E-state index in [1.807, 2.05) is 132 Å². The van der Waals surface area contributed by atoms with Crippen molar-refractivity contribution in [2.24, 2.45) is 0 Å². The van der Waals surface area contributed by atoms with E-state index in [1.54, 1.807) is 24.3 Å². The number of anilines is 1. The number of hydrogen-bond acceptors (Lipinski definition) is 2. The van der Waals surface area contributed by atoms with Crippen LogP contribution in [-0.4, -0.2) is 16.4 Å². The highest BCUT2D eigenvalue weighted by Crippen LogP contribution is 2.41. The Bertz CT molecular complexity index is 2770. The first-order valence-corrected chi connectivity index (χ1v) is 16.7. The SMILES string of the molecule is [C-]#[N+]c1cc([N+]#[C-])cc(-c2ccc3c4ccccc4n(-c4cccc5c4C(=O)N(c4cc(-c6ccccc6)cc(-c6ccccc6)c4)C5=O)c3c2)c1. The number of hydrogen-bond donors (Lipinski definition) is 0. The summed E-state index contributed by atoms with van der Waals surface area (Å²) in [5.74, 6) is -0.775. The quantitative estimate of drug-likeness (QED) is 0.136. The van der Waals surface area contributed by atoms with Crippen molar-refractivity contribution in [1.82, 2.24) is 4.57 Å². The Labute approximate surface area is 299 Å². The molecule has 7 aromatic carbocycles. The van der Waals surface area contributed by atoms with Gasteiger partial charge in [0.05, 0.1) is 46.7 Å².